The predicted molar refractivity (Wildman–Crippen MR) is 55.8 cm³/mol. The van der Waals surface area contributed by atoms with Crippen molar-refractivity contribution in [3.05, 3.63) is 25.3 Å². The zero-order chi connectivity index (χ0) is 10.6. The van der Waals surface area contributed by atoms with E-state index in [-0.39, 0.29) is 18.1 Å². The molecule has 0 aromatic rings. The molecule has 0 aromatic carbocycles. The number of rotatable bonds is 3. The molecule has 1 saturated heterocycles. The van der Waals surface area contributed by atoms with Crippen LogP contribution in [0.1, 0.15) is 12.8 Å². The van der Waals surface area contributed by atoms with E-state index in [1.807, 2.05) is 12.2 Å². The lowest BCUT2D eigenvalue weighted by Crippen LogP contribution is -2.50. The van der Waals surface area contributed by atoms with Crippen LogP contribution in [0.5, 0.6) is 0 Å². The molecule has 0 bridgehead atoms. The smallest absolute Gasteiger partial charge is 0.322 e. The van der Waals surface area contributed by atoms with Crippen molar-refractivity contribution in [2.45, 2.75) is 24.9 Å². The molecule has 0 aromatic heterocycles. The van der Waals surface area contributed by atoms with Crippen LogP contribution >= 0.6 is 0 Å². The van der Waals surface area contributed by atoms with E-state index in [2.05, 4.69) is 23.2 Å². The van der Waals surface area contributed by atoms with Gasteiger partial charge in [0.2, 0.25) is 0 Å². The second-order valence-corrected chi connectivity index (χ2v) is 3.48. The fourth-order valence-corrected chi connectivity index (χ4v) is 1.81. The number of methoxy groups -OCH3 is 1. The number of hydrogen-bond donors (Lipinski definition) is 1. The predicted octanol–water partition coefficient (Wildman–Crippen LogP) is 1.27. The first-order valence-corrected chi connectivity index (χ1v) is 4.82. The number of piperidine rings is 1. The van der Waals surface area contributed by atoms with Crippen LogP contribution in [0.4, 0.5) is 0 Å². The van der Waals surface area contributed by atoms with E-state index >= 15 is 0 Å². The lowest BCUT2D eigenvalue weighted by Gasteiger charge is -2.32. The zero-order valence-corrected chi connectivity index (χ0v) is 8.53. The van der Waals surface area contributed by atoms with Gasteiger partial charge in [-0.05, 0) is 18.8 Å². The molecule has 3 nitrogen and oxygen atoms in total. The minimum absolute atomic E-state index is 0.130. The highest BCUT2D eigenvalue weighted by Crippen LogP contribution is 2.21. The molecule has 0 saturated carbocycles. The largest absolute Gasteiger partial charge is 0.468 e. The Kier molecular flexibility index (Phi) is 3.89. The molecule has 1 aliphatic heterocycles. The lowest BCUT2D eigenvalue weighted by molar-refractivity contribution is -0.144. The minimum Gasteiger partial charge on any atom is -0.468 e. The van der Waals surface area contributed by atoms with Crippen LogP contribution in [-0.2, 0) is 9.53 Å². The van der Waals surface area contributed by atoms with E-state index in [0.717, 1.165) is 12.8 Å². The van der Waals surface area contributed by atoms with Gasteiger partial charge in [-0.2, -0.15) is 0 Å². The number of hydrogen-bond acceptors (Lipinski definition) is 3. The summed E-state index contributed by atoms with van der Waals surface area (Å²) < 4.78 is 4.69. The molecule has 1 N–H and O–H groups in total. The average molecular weight is 195 g/mol. The van der Waals surface area contributed by atoms with Crippen molar-refractivity contribution in [1.29, 1.82) is 0 Å². The van der Waals surface area contributed by atoms with E-state index in [4.69, 9.17) is 0 Å². The zero-order valence-electron chi connectivity index (χ0n) is 8.53. The van der Waals surface area contributed by atoms with Crippen molar-refractivity contribution in [3.8, 4) is 0 Å². The van der Waals surface area contributed by atoms with Gasteiger partial charge in [0.25, 0.3) is 0 Å². The molecule has 0 spiro atoms. The van der Waals surface area contributed by atoms with Gasteiger partial charge in [0, 0.05) is 6.04 Å². The first-order valence-electron chi connectivity index (χ1n) is 4.82. The van der Waals surface area contributed by atoms with Gasteiger partial charge in [-0.25, -0.2) is 0 Å². The van der Waals surface area contributed by atoms with Crippen LogP contribution in [0.15, 0.2) is 25.3 Å². The molecule has 3 heteroatoms. The van der Waals surface area contributed by atoms with Crippen molar-refractivity contribution in [2.24, 2.45) is 5.92 Å². The molecule has 0 aliphatic carbocycles. The molecule has 3 atom stereocenters. The van der Waals surface area contributed by atoms with E-state index in [0.29, 0.717) is 5.92 Å². The van der Waals surface area contributed by atoms with Crippen LogP contribution in [0.3, 0.4) is 0 Å². The Bertz CT molecular complexity index is 237. The molecular formula is C11H17NO2. The van der Waals surface area contributed by atoms with Crippen molar-refractivity contribution in [1.82, 2.24) is 5.32 Å². The maximum Gasteiger partial charge on any atom is 0.322 e. The number of carbonyl (C=O) groups excluding carboxylic acids is 1. The lowest BCUT2D eigenvalue weighted by atomic mass is 9.87. The van der Waals surface area contributed by atoms with Crippen molar-refractivity contribution >= 4 is 5.97 Å². The molecule has 1 unspecified atom stereocenters. The van der Waals surface area contributed by atoms with Gasteiger partial charge in [0.05, 0.1) is 7.11 Å². The third kappa shape index (κ3) is 2.23. The molecule has 78 valence electrons. The summed E-state index contributed by atoms with van der Waals surface area (Å²) in [7, 11) is 1.41. The second-order valence-electron chi connectivity index (χ2n) is 3.48. The Morgan fingerprint density at radius 1 is 1.43 bits per heavy atom. The normalized spacial score (nSPS) is 31.9. The highest BCUT2D eigenvalue weighted by molar-refractivity contribution is 5.75. The molecule has 14 heavy (non-hydrogen) atoms. The number of nitrogens with one attached hydrogen (secondary N) is 1. The van der Waals surface area contributed by atoms with Crippen LogP contribution in [0, 0.1) is 5.92 Å². The summed E-state index contributed by atoms with van der Waals surface area (Å²) in [4.78, 5) is 11.3. The summed E-state index contributed by atoms with van der Waals surface area (Å²) in [5.41, 5.74) is 0. The van der Waals surface area contributed by atoms with Gasteiger partial charge in [-0.3, -0.25) is 10.1 Å². The quantitative estimate of drug-likeness (QED) is 0.544. The Hall–Kier alpha value is -1.09. The molecule has 0 radical (unpaired) electrons. The standard InChI is InChI=1S/C11H17NO2/c1-4-8-6-7-10(11(13)14-3)12-9(8)5-2/h4-5,8-10,12H,1-2,6-7H2,3H3/t8?,9-,10-/m0/s1. The highest BCUT2D eigenvalue weighted by Gasteiger charge is 2.30. The highest BCUT2D eigenvalue weighted by atomic mass is 16.5. The third-order valence-corrected chi connectivity index (χ3v) is 2.69. The van der Waals surface area contributed by atoms with E-state index in [9.17, 15) is 4.79 Å². The van der Waals surface area contributed by atoms with Crippen LogP contribution in [-0.4, -0.2) is 25.2 Å². The molecule has 1 heterocycles. The van der Waals surface area contributed by atoms with Gasteiger partial charge >= 0.3 is 5.97 Å². The SMILES string of the molecule is C=CC1CC[C@@H](C(=O)OC)N[C@H]1C=C. The summed E-state index contributed by atoms with van der Waals surface area (Å²) in [5, 5.41) is 3.19. The molecule has 1 aliphatic rings. The van der Waals surface area contributed by atoms with Gasteiger partial charge in [-0.1, -0.05) is 12.2 Å². The average Bonchev–Trinajstić information content (AvgIpc) is 2.26. The topological polar surface area (TPSA) is 38.3 Å². The number of carbonyl (C=O) groups is 1. The van der Waals surface area contributed by atoms with Gasteiger partial charge in [-0.15, -0.1) is 13.2 Å². The Morgan fingerprint density at radius 3 is 2.64 bits per heavy atom. The number of esters is 1. The summed E-state index contributed by atoms with van der Waals surface area (Å²) >= 11 is 0. The minimum atomic E-state index is -0.195. The van der Waals surface area contributed by atoms with Crippen LogP contribution < -0.4 is 5.32 Å². The van der Waals surface area contributed by atoms with Gasteiger partial charge < -0.3 is 4.74 Å². The maximum atomic E-state index is 11.3. The van der Waals surface area contributed by atoms with E-state index in [1.54, 1.807) is 0 Å². The first-order chi connectivity index (χ1) is 6.72. The third-order valence-electron chi connectivity index (χ3n) is 2.69. The molecular weight excluding hydrogens is 178 g/mol. The van der Waals surface area contributed by atoms with Crippen LogP contribution in [0.25, 0.3) is 0 Å². The monoisotopic (exact) mass is 195 g/mol. The van der Waals surface area contributed by atoms with E-state index in [1.165, 1.54) is 7.11 Å². The Balaban J connectivity index is 2.60. The first kappa shape index (κ1) is 11.0. The van der Waals surface area contributed by atoms with Crippen molar-refractivity contribution in [2.75, 3.05) is 7.11 Å². The fraction of sp³-hybridized carbons (Fsp3) is 0.545. The second kappa shape index (κ2) is 4.96. The van der Waals surface area contributed by atoms with Crippen molar-refractivity contribution < 1.29 is 9.53 Å². The fourth-order valence-electron chi connectivity index (χ4n) is 1.81. The molecule has 1 fully saturated rings. The van der Waals surface area contributed by atoms with Gasteiger partial charge in [0.15, 0.2) is 0 Å². The summed E-state index contributed by atoms with van der Waals surface area (Å²) in [6.07, 6.45) is 5.48. The Morgan fingerprint density at radius 2 is 2.14 bits per heavy atom. The maximum absolute atomic E-state index is 11.3. The summed E-state index contributed by atoms with van der Waals surface area (Å²) in [6.45, 7) is 7.51. The molecule has 0 amide bonds. The Labute approximate surface area is 84.8 Å². The van der Waals surface area contributed by atoms with Gasteiger partial charge in [0.1, 0.15) is 6.04 Å². The van der Waals surface area contributed by atoms with Crippen LogP contribution in [0.2, 0.25) is 0 Å². The summed E-state index contributed by atoms with van der Waals surface area (Å²) in [6, 6.07) is -0.0652. The number of ether oxygens (including phenoxy) is 1. The van der Waals surface area contributed by atoms with Crippen molar-refractivity contribution in [3.63, 3.8) is 0 Å². The summed E-state index contributed by atoms with van der Waals surface area (Å²) in [5.74, 6) is 0.174. The van der Waals surface area contributed by atoms with E-state index < -0.39 is 0 Å². The molecule has 1 rings (SSSR count).